The van der Waals surface area contributed by atoms with E-state index in [0.717, 1.165) is 37.2 Å². The van der Waals surface area contributed by atoms with Gasteiger partial charge in [-0.25, -0.2) is 18.0 Å². The number of alkyl halides is 5. The highest BCUT2D eigenvalue weighted by Gasteiger charge is 2.49. The second-order valence-corrected chi connectivity index (χ2v) is 8.45. The van der Waals surface area contributed by atoms with Crippen LogP contribution in [0.2, 0.25) is 0 Å². The third kappa shape index (κ3) is 5.27. The molecule has 0 radical (unpaired) electrons. The fourth-order valence-corrected chi connectivity index (χ4v) is 4.46. The van der Waals surface area contributed by atoms with Crippen molar-refractivity contribution in [3.05, 3.63) is 65.2 Å². The Balaban J connectivity index is 1.29. The van der Waals surface area contributed by atoms with Crippen LogP contribution in [0.1, 0.15) is 27.9 Å². The summed E-state index contributed by atoms with van der Waals surface area (Å²) >= 11 is 0. The van der Waals surface area contributed by atoms with Gasteiger partial charge in [0.25, 0.3) is 12.6 Å². The number of piperazine rings is 1. The third-order valence-electron chi connectivity index (χ3n) is 6.16. The summed E-state index contributed by atoms with van der Waals surface area (Å²) in [6.07, 6.45) is -11.1. The van der Waals surface area contributed by atoms with E-state index in [2.05, 4.69) is 14.5 Å². The fraction of sp³-hybridized carbons (Fsp3) is 0.435. The Morgan fingerprint density at radius 1 is 0.939 bits per heavy atom. The van der Waals surface area contributed by atoms with Gasteiger partial charge < -0.3 is 9.84 Å². The summed E-state index contributed by atoms with van der Waals surface area (Å²) in [7, 11) is 0. The van der Waals surface area contributed by atoms with Crippen molar-refractivity contribution in [2.75, 3.05) is 13.1 Å². The lowest BCUT2D eigenvalue weighted by atomic mass is 10.1. The molecule has 10 heteroatoms. The standard InChI is InChI=1S/C23H23F5N2O3/c24-20(21(25)26)23(27,28)33-19-7-3-15(4-8-19)11-30-13-17-9-18(30)12-29(17)10-14-1-5-16(6-2-14)22(31)32/h1-8,17-18,20-21H,9-13H2,(H,31,32)/t17-,18-,20?/m0/s1. The highest BCUT2D eigenvalue weighted by Crippen LogP contribution is 2.34. The first-order valence-electron chi connectivity index (χ1n) is 10.5. The van der Waals surface area contributed by atoms with Gasteiger partial charge in [0.05, 0.1) is 5.56 Å². The lowest BCUT2D eigenvalue weighted by molar-refractivity contribution is -0.244. The molecule has 0 spiro atoms. The van der Waals surface area contributed by atoms with Gasteiger partial charge in [0.1, 0.15) is 5.75 Å². The minimum absolute atomic E-state index is 0.256. The zero-order valence-electron chi connectivity index (χ0n) is 17.5. The molecular formula is C23H23F5N2O3. The number of hydrogen-bond acceptors (Lipinski definition) is 4. The number of rotatable bonds is 9. The van der Waals surface area contributed by atoms with Gasteiger partial charge >= 0.3 is 12.1 Å². The van der Waals surface area contributed by atoms with Crippen molar-refractivity contribution in [3.8, 4) is 5.75 Å². The first kappa shape index (κ1) is 23.4. The second-order valence-electron chi connectivity index (χ2n) is 8.45. The van der Waals surface area contributed by atoms with Crippen molar-refractivity contribution >= 4 is 5.97 Å². The molecule has 0 amide bonds. The molecule has 1 unspecified atom stereocenters. The molecule has 2 bridgehead atoms. The molecule has 0 aromatic heterocycles. The molecular weight excluding hydrogens is 447 g/mol. The van der Waals surface area contributed by atoms with Crippen LogP contribution >= 0.6 is 0 Å². The lowest BCUT2D eigenvalue weighted by Crippen LogP contribution is -2.45. The molecule has 2 fully saturated rings. The van der Waals surface area contributed by atoms with Crippen LogP contribution in [0.5, 0.6) is 5.75 Å². The predicted octanol–water partition coefficient (Wildman–Crippen LogP) is 4.42. The van der Waals surface area contributed by atoms with Gasteiger partial charge in [0, 0.05) is 38.3 Å². The Hall–Kier alpha value is -2.72. The van der Waals surface area contributed by atoms with Crippen molar-refractivity contribution in [1.82, 2.24) is 9.80 Å². The zero-order valence-corrected chi connectivity index (χ0v) is 17.5. The van der Waals surface area contributed by atoms with Gasteiger partial charge in [-0.3, -0.25) is 9.80 Å². The number of carboxylic acids is 1. The third-order valence-corrected chi connectivity index (χ3v) is 6.16. The SMILES string of the molecule is O=C(O)c1ccc(CN2C[C@@H]3C[C@H]2CN3Cc2ccc(OC(F)(F)C(F)C(F)F)cc2)cc1. The van der Waals surface area contributed by atoms with Crippen LogP contribution in [0.15, 0.2) is 48.5 Å². The van der Waals surface area contributed by atoms with Crippen LogP contribution in [0.4, 0.5) is 22.0 Å². The number of fused-ring (bicyclic) bond motifs is 2. The first-order chi connectivity index (χ1) is 15.6. The summed E-state index contributed by atoms with van der Waals surface area (Å²) in [6.45, 7) is 3.04. The van der Waals surface area contributed by atoms with E-state index in [1.165, 1.54) is 12.1 Å². The Kier molecular flexibility index (Phi) is 6.58. The van der Waals surface area contributed by atoms with E-state index in [4.69, 9.17) is 5.11 Å². The van der Waals surface area contributed by atoms with Crippen molar-refractivity contribution in [3.63, 3.8) is 0 Å². The fourth-order valence-electron chi connectivity index (χ4n) is 4.46. The minimum atomic E-state index is -4.61. The summed E-state index contributed by atoms with van der Waals surface area (Å²) in [4.78, 5) is 15.6. The van der Waals surface area contributed by atoms with Gasteiger partial charge in [-0.15, -0.1) is 0 Å². The molecule has 4 rings (SSSR count). The molecule has 2 saturated heterocycles. The number of aromatic carboxylic acids is 1. The number of carboxylic acid groups (broad SMARTS) is 1. The second kappa shape index (κ2) is 9.26. The van der Waals surface area contributed by atoms with Crippen LogP contribution in [0.25, 0.3) is 0 Å². The topological polar surface area (TPSA) is 53.0 Å². The van der Waals surface area contributed by atoms with E-state index in [0.29, 0.717) is 18.6 Å². The molecule has 2 aliphatic rings. The Labute approximate surface area is 187 Å². The van der Waals surface area contributed by atoms with E-state index >= 15 is 0 Å². The van der Waals surface area contributed by atoms with E-state index in [1.54, 1.807) is 24.3 Å². The molecule has 2 aliphatic heterocycles. The maximum Gasteiger partial charge on any atom is 0.435 e. The van der Waals surface area contributed by atoms with Crippen LogP contribution in [-0.2, 0) is 13.1 Å². The molecule has 178 valence electrons. The average molecular weight is 470 g/mol. The molecule has 2 heterocycles. The number of hydrogen-bond donors (Lipinski definition) is 1. The molecule has 2 aromatic rings. The van der Waals surface area contributed by atoms with Crippen LogP contribution in [-0.4, -0.2) is 64.8 Å². The quantitative estimate of drug-likeness (QED) is 0.550. The molecule has 1 N–H and O–H groups in total. The number of halogens is 5. The molecule has 0 aliphatic carbocycles. The van der Waals surface area contributed by atoms with Crippen LogP contribution in [0, 0.1) is 0 Å². The van der Waals surface area contributed by atoms with E-state index in [-0.39, 0.29) is 11.3 Å². The summed E-state index contributed by atoms with van der Waals surface area (Å²) in [6, 6.07) is 13.1. The molecule has 5 nitrogen and oxygen atoms in total. The number of nitrogens with zero attached hydrogens (tertiary/aromatic N) is 2. The summed E-state index contributed by atoms with van der Waals surface area (Å²) in [5.74, 6) is -1.33. The number of benzene rings is 2. The van der Waals surface area contributed by atoms with E-state index in [1.807, 2.05) is 12.1 Å². The van der Waals surface area contributed by atoms with Gasteiger partial charge in [-0.1, -0.05) is 24.3 Å². The van der Waals surface area contributed by atoms with Crippen molar-refractivity contribution < 1.29 is 36.6 Å². The number of ether oxygens (including phenoxy) is 1. The average Bonchev–Trinajstić information content (AvgIpc) is 3.34. The zero-order chi connectivity index (χ0) is 23.8. The van der Waals surface area contributed by atoms with E-state index < -0.39 is 24.7 Å². The Morgan fingerprint density at radius 2 is 1.42 bits per heavy atom. The molecule has 0 saturated carbocycles. The minimum Gasteiger partial charge on any atom is -0.478 e. The summed E-state index contributed by atoms with van der Waals surface area (Å²) in [5.41, 5.74) is 2.15. The molecule has 3 atom stereocenters. The predicted molar refractivity (Wildman–Crippen MR) is 109 cm³/mol. The lowest BCUT2D eigenvalue weighted by Gasteiger charge is -2.34. The molecule has 2 aromatic carbocycles. The summed E-state index contributed by atoms with van der Waals surface area (Å²) in [5, 5.41) is 9.00. The van der Waals surface area contributed by atoms with Crippen molar-refractivity contribution in [1.29, 1.82) is 0 Å². The Morgan fingerprint density at radius 3 is 1.85 bits per heavy atom. The maximum absolute atomic E-state index is 13.4. The summed E-state index contributed by atoms with van der Waals surface area (Å²) < 4.78 is 68.4. The normalized spacial score (nSPS) is 22.1. The number of likely N-dealkylation sites (tertiary alicyclic amines) is 2. The van der Waals surface area contributed by atoms with Crippen molar-refractivity contribution in [2.45, 2.75) is 50.3 Å². The highest BCUT2D eigenvalue weighted by atomic mass is 19.3. The van der Waals surface area contributed by atoms with Gasteiger partial charge in [-0.05, 0) is 41.8 Å². The largest absolute Gasteiger partial charge is 0.478 e. The van der Waals surface area contributed by atoms with Crippen molar-refractivity contribution in [2.24, 2.45) is 0 Å². The smallest absolute Gasteiger partial charge is 0.435 e. The molecule has 33 heavy (non-hydrogen) atoms. The number of carbonyl (C=O) groups is 1. The first-order valence-corrected chi connectivity index (χ1v) is 10.5. The monoisotopic (exact) mass is 470 g/mol. The van der Waals surface area contributed by atoms with Gasteiger partial charge in [-0.2, -0.15) is 8.78 Å². The van der Waals surface area contributed by atoms with Crippen LogP contribution in [0.3, 0.4) is 0 Å². The van der Waals surface area contributed by atoms with Gasteiger partial charge in [0.2, 0.25) is 0 Å². The maximum atomic E-state index is 13.4. The Bertz CT molecular complexity index is 971. The van der Waals surface area contributed by atoms with E-state index in [9.17, 15) is 26.7 Å². The van der Waals surface area contributed by atoms with Crippen LogP contribution < -0.4 is 4.74 Å². The van der Waals surface area contributed by atoms with Gasteiger partial charge in [0.15, 0.2) is 0 Å². The highest BCUT2D eigenvalue weighted by molar-refractivity contribution is 5.87.